The van der Waals surface area contributed by atoms with Crippen molar-refractivity contribution in [3.8, 4) is 0 Å². The van der Waals surface area contributed by atoms with Gasteiger partial charge >= 0.3 is 0 Å². The summed E-state index contributed by atoms with van der Waals surface area (Å²) in [7, 11) is 4.04. The summed E-state index contributed by atoms with van der Waals surface area (Å²) in [6.45, 7) is 4.22. The molecule has 2 aromatic carbocycles. The van der Waals surface area contributed by atoms with Gasteiger partial charge in [0, 0.05) is 5.54 Å². The third kappa shape index (κ3) is 2.51. The first kappa shape index (κ1) is 14.0. The molecule has 19 heavy (non-hydrogen) atoms. The van der Waals surface area contributed by atoms with Crippen molar-refractivity contribution >= 4 is 10.8 Å². The number of aliphatic hydroxyl groups excluding tert-OH is 1. The maximum absolute atomic E-state index is 10.7. The van der Waals surface area contributed by atoms with E-state index in [0.717, 1.165) is 12.0 Å². The molecular weight excluding hydrogens is 234 g/mol. The zero-order valence-corrected chi connectivity index (χ0v) is 12.2. The maximum atomic E-state index is 10.7. The van der Waals surface area contributed by atoms with Crippen molar-refractivity contribution < 1.29 is 5.11 Å². The highest BCUT2D eigenvalue weighted by Gasteiger charge is 2.34. The van der Waals surface area contributed by atoms with Gasteiger partial charge in [-0.1, -0.05) is 43.3 Å². The quantitative estimate of drug-likeness (QED) is 0.904. The van der Waals surface area contributed by atoms with E-state index in [1.165, 1.54) is 10.8 Å². The van der Waals surface area contributed by atoms with Crippen LogP contribution in [0.4, 0.5) is 0 Å². The van der Waals surface area contributed by atoms with Crippen molar-refractivity contribution in [3.05, 3.63) is 48.0 Å². The lowest BCUT2D eigenvalue weighted by Gasteiger charge is -2.40. The van der Waals surface area contributed by atoms with Crippen LogP contribution in [-0.4, -0.2) is 29.6 Å². The minimum atomic E-state index is -0.489. The van der Waals surface area contributed by atoms with Crippen molar-refractivity contribution in [2.75, 3.05) is 14.1 Å². The minimum absolute atomic E-state index is 0.248. The Bertz CT molecular complexity index is 564. The Morgan fingerprint density at radius 3 is 2.32 bits per heavy atom. The first-order chi connectivity index (χ1) is 8.99. The molecule has 0 aliphatic rings. The van der Waals surface area contributed by atoms with E-state index in [1.807, 2.05) is 32.3 Å². The fourth-order valence-electron chi connectivity index (χ4n) is 2.49. The smallest absolute Gasteiger partial charge is 0.0970 e. The van der Waals surface area contributed by atoms with Gasteiger partial charge in [0.25, 0.3) is 0 Å². The molecule has 2 aromatic rings. The molecule has 0 aliphatic carbocycles. The fraction of sp³-hybridized carbons (Fsp3) is 0.412. The second-order valence-electron chi connectivity index (χ2n) is 5.61. The molecule has 0 amide bonds. The zero-order valence-electron chi connectivity index (χ0n) is 12.2. The van der Waals surface area contributed by atoms with Gasteiger partial charge in [-0.3, -0.25) is 0 Å². The van der Waals surface area contributed by atoms with Gasteiger partial charge in [-0.2, -0.15) is 0 Å². The molecule has 102 valence electrons. The molecule has 0 saturated heterocycles. The average Bonchev–Trinajstić information content (AvgIpc) is 2.44. The van der Waals surface area contributed by atoms with E-state index < -0.39 is 6.10 Å². The molecule has 2 unspecified atom stereocenters. The Morgan fingerprint density at radius 2 is 1.74 bits per heavy atom. The van der Waals surface area contributed by atoms with Crippen molar-refractivity contribution in [2.45, 2.75) is 31.9 Å². The Hall–Kier alpha value is -1.38. The van der Waals surface area contributed by atoms with Crippen LogP contribution in [0.15, 0.2) is 42.5 Å². The third-order valence-corrected chi connectivity index (χ3v) is 4.42. The van der Waals surface area contributed by atoms with Crippen LogP contribution < -0.4 is 0 Å². The first-order valence-corrected chi connectivity index (χ1v) is 6.83. The molecule has 0 fully saturated rings. The molecule has 0 radical (unpaired) electrons. The Balaban J connectivity index is 2.43. The number of nitrogens with zero attached hydrogens (tertiary/aromatic N) is 1. The molecular formula is C17H23NO. The third-order valence-electron chi connectivity index (χ3n) is 4.42. The highest BCUT2D eigenvalue weighted by molar-refractivity contribution is 5.83. The largest absolute Gasteiger partial charge is 0.386 e. The van der Waals surface area contributed by atoms with Crippen molar-refractivity contribution in [1.82, 2.24) is 4.90 Å². The molecule has 2 atom stereocenters. The van der Waals surface area contributed by atoms with E-state index in [9.17, 15) is 5.11 Å². The van der Waals surface area contributed by atoms with Gasteiger partial charge in [-0.15, -0.1) is 0 Å². The summed E-state index contributed by atoms with van der Waals surface area (Å²) in [4.78, 5) is 2.10. The minimum Gasteiger partial charge on any atom is -0.386 e. The number of likely N-dealkylation sites (N-methyl/N-ethyl adjacent to an activating group) is 1. The number of fused-ring (bicyclic) bond motifs is 1. The molecule has 2 heteroatoms. The number of hydrogen-bond donors (Lipinski definition) is 1. The maximum Gasteiger partial charge on any atom is 0.0970 e. The summed E-state index contributed by atoms with van der Waals surface area (Å²) < 4.78 is 0. The zero-order chi connectivity index (χ0) is 14.0. The van der Waals surface area contributed by atoms with Gasteiger partial charge in [0.15, 0.2) is 0 Å². The van der Waals surface area contributed by atoms with Gasteiger partial charge in [0.1, 0.15) is 0 Å². The highest BCUT2D eigenvalue weighted by Crippen LogP contribution is 2.33. The molecule has 0 aliphatic heterocycles. The lowest BCUT2D eigenvalue weighted by Crippen LogP contribution is -2.46. The van der Waals surface area contributed by atoms with Crippen LogP contribution in [0.1, 0.15) is 31.9 Å². The summed E-state index contributed by atoms with van der Waals surface area (Å²) in [6, 6.07) is 14.5. The van der Waals surface area contributed by atoms with Gasteiger partial charge in [-0.05, 0) is 49.8 Å². The molecule has 0 aromatic heterocycles. The van der Waals surface area contributed by atoms with Crippen LogP contribution in [0.5, 0.6) is 0 Å². The number of rotatable bonds is 4. The average molecular weight is 257 g/mol. The van der Waals surface area contributed by atoms with Gasteiger partial charge < -0.3 is 10.0 Å². The summed E-state index contributed by atoms with van der Waals surface area (Å²) in [5.74, 6) is 0. The highest BCUT2D eigenvalue weighted by atomic mass is 16.3. The first-order valence-electron chi connectivity index (χ1n) is 6.83. The molecule has 0 heterocycles. The van der Waals surface area contributed by atoms with Crippen LogP contribution in [0, 0.1) is 0 Å². The molecule has 1 N–H and O–H groups in total. The number of benzene rings is 2. The van der Waals surface area contributed by atoms with E-state index >= 15 is 0 Å². The van der Waals surface area contributed by atoms with Crippen LogP contribution in [0.3, 0.4) is 0 Å². The van der Waals surface area contributed by atoms with E-state index in [4.69, 9.17) is 0 Å². The van der Waals surface area contributed by atoms with Crippen LogP contribution in [0.2, 0.25) is 0 Å². The topological polar surface area (TPSA) is 23.5 Å². The Kier molecular flexibility index (Phi) is 3.93. The standard InChI is InChI=1S/C17H23NO/c1-5-17(2,18(3)4)16(19)15-11-10-13-8-6-7-9-14(13)12-15/h6-12,16,19H,5H2,1-4H3. The molecule has 0 spiro atoms. The monoisotopic (exact) mass is 257 g/mol. The van der Waals surface area contributed by atoms with E-state index in [0.29, 0.717) is 0 Å². The van der Waals surface area contributed by atoms with Gasteiger partial charge in [-0.25, -0.2) is 0 Å². The summed E-state index contributed by atoms with van der Waals surface area (Å²) in [5, 5.41) is 13.1. The van der Waals surface area contributed by atoms with Gasteiger partial charge in [0.2, 0.25) is 0 Å². The lowest BCUT2D eigenvalue weighted by atomic mass is 9.85. The van der Waals surface area contributed by atoms with E-state index in [2.05, 4.69) is 43.0 Å². The predicted octanol–water partition coefficient (Wildman–Crippen LogP) is 3.60. The number of hydrogen-bond acceptors (Lipinski definition) is 2. The second-order valence-corrected chi connectivity index (χ2v) is 5.61. The van der Waals surface area contributed by atoms with Gasteiger partial charge in [0.05, 0.1) is 6.10 Å². The summed E-state index contributed by atoms with van der Waals surface area (Å²) >= 11 is 0. The molecule has 2 nitrogen and oxygen atoms in total. The Morgan fingerprint density at radius 1 is 1.11 bits per heavy atom. The van der Waals surface area contributed by atoms with Crippen molar-refractivity contribution in [2.24, 2.45) is 0 Å². The molecule has 0 bridgehead atoms. The van der Waals surface area contributed by atoms with Crippen molar-refractivity contribution in [3.63, 3.8) is 0 Å². The van der Waals surface area contributed by atoms with E-state index in [1.54, 1.807) is 0 Å². The SMILES string of the molecule is CCC(C)(C(O)c1ccc2ccccc2c1)N(C)C. The molecule has 0 saturated carbocycles. The molecule has 2 rings (SSSR count). The van der Waals surface area contributed by atoms with Crippen LogP contribution >= 0.6 is 0 Å². The predicted molar refractivity (Wildman–Crippen MR) is 81.3 cm³/mol. The normalized spacial score (nSPS) is 16.5. The van der Waals surface area contributed by atoms with Crippen LogP contribution in [0.25, 0.3) is 10.8 Å². The Labute approximate surface area is 115 Å². The lowest BCUT2D eigenvalue weighted by molar-refractivity contribution is 0.000945. The fourth-order valence-corrected chi connectivity index (χ4v) is 2.49. The van der Waals surface area contributed by atoms with Crippen LogP contribution in [-0.2, 0) is 0 Å². The summed E-state index contributed by atoms with van der Waals surface area (Å²) in [6.07, 6.45) is 0.408. The van der Waals surface area contributed by atoms with E-state index in [-0.39, 0.29) is 5.54 Å². The second kappa shape index (κ2) is 5.32. The number of aliphatic hydroxyl groups is 1. The van der Waals surface area contributed by atoms with Crippen molar-refractivity contribution in [1.29, 1.82) is 0 Å². The summed E-state index contributed by atoms with van der Waals surface area (Å²) in [5.41, 5.74) is 0.736.